The predicted octanol–water partition coefficient (Wildman–Crippen LogP) is 5.36. The van der Waals surface area contributed by atoms with Gasteiger partial charge in [0.2, 0.25) is 5.91 Å². The highest BCUT2D eigenvalue weighted by Crippen LogP contribution is 2.27. The molecule has 1 aliphatic rings. The standard InChI is InChI=1S/C28H29N5O3/c1-4-14-32-27(34)16-26(33(28(32)35)18-21-10-8-19(2)9-11-21)31-25-13-12-24(20(3)30-25)36-23-7-5-6-22(15-23)17-29/h5-13,15,26H,4,14,16,18H2,1-3H3,(H,30,31). The van der Waals surface area contributed by atoms with Gasteiger partial charge in [0.05, 0.1) is 23.7 Å². The second kappa shape index (κ2) is 10.9. The smallest absolute Gasteiger partial charge is 0.328 e. The lowest BCUT2D eigenvalue weighted by molar-refractivity contribution is -0.132. The van der Waals surface area contributed by atoms with Crippen molar-refractivity contribution < 1.29 is 14.3 Å². The van der Waals surface area contributed by atoms with Gasteiger partial charge in [0.1, 0.15) is 23.5 Å². The van der Waals surface area contributed by atoms with Crippen LogP contribution in [0, 0.1) is 25.2 Å². The molecular weight excluding hydrogens is 454 g/mol. The number of pyridine rings is 1. The van der Waals surface area contributed by atoms with Crippen LogP contribution in [0.2, 0.25) is 0 Å². The van der Waals surface area contributed by atoms with Gasteiger partial charge in [-0.2, -0.15) is 5.26 Å². The summed E-state index contributed by atoms with van der Waals surface area (Å²) in [6.45, 7) is 6.55. The molecule has 0 radical (unpaired) electrons. The molecular formula is C28H29N5O3. The van der Waals surface area contributed by atoms with Crippen molar-refractivity contribution in [3.8, 4) is 17.6 Å². The molecule has 2 heterocycles. The molecule has 8 nitrogen and oxygen atoms in total. The van der Waals surface area contributed by atoms with Crippen molar-refractivity contribution in [1.29, 1.82) is 5.26 Å². The van der Waals surface area contributed by atoms with Gasteiger partial charge in [-0.15, -0.1) is 0 Å². The lowest BCUT2D eigenvalue weighted by Gasteiger charge is -2.40. The Morgan fingerprint density at radius 3 is 2.58 bits per heavy atom. The van der Waals surface area contributed by atoms with E-state index in [-0.39, 0.29) is 18.4 Å². The normalized spacial score (nSPS) is 15.6. The quantitative estimate of drug-likeness (QED) is 0.463. The van der Waals surface area contributed by atoms with Crippen LogP contribution < -0.4 is 10.1 Å². The van der Waals surface area contributed by atoms with Gasteiger partial charge in [-0.25, -0.2) is 9.78 Å². The third-order valence-electron chi connectivity index (χ3n) is 5.99. The van der Waals surface area contributed by atoms with E-state index in [1.165, 1.54) is 4.90 Å². The van der Waals surface area contributed by atoms with E-state index in [0.717, 1.165) is 11.1 Å². The first kappa shape index (κ1) is 24.7. The first-order valence-electron chi connectivity index (χ1n) is 12.0. The van der Waals surface area contributed by atoms with Crippen LogP contribution >= 0.6 is 0 Å². The molecule has 0 aliphatic carbocycles. The van der Waals surface area contributed by atoms with Crippen LogP contribution in [0.3, 0.4) is 0 Å². The number of nitrogens with zero attached hydrogens (tertiary/aromatic N) is 4. The van der Waals surface area contributed by atoms with Crippen molar-refractivity contribution >= 4 is 17.8 Å². The van der Waals surface area contributed by atoms with E-state index in [0.29, 0.717) is 48.1 Å². The number of nitriles is 1. The summed E-state index contributed by atoms with van der Waals surface area (Å²) >= 11 is 0. The molecule has 2 aromatic carbocycles. The van der Waals surface area contributed by atoms with E-state index in [4.69, 9.17) is 10.00 Å². The zero-order chi connectivity index (χ0) is 25.7. The molecule has 0 bridgehead atoms. The number of ether oxygens (including phenoxy) is 1. The number of amides is 3. The summed E-state index contributed by atoms with van der Waals surface area (Å²) in [6.07, 6.45) is 0.315. The zero-order valence-corrected chi connectivity index (χ0v) is 20.7. The lowest BCUT2D eigenvalue weighted by atomic mass is 10.1. The maximum absolute atomic E-state index is 13.3. The predicted molar refractivity (Wildman–Crippen MR) is 136 cm³/mol. The van der Waals surface area contributed by atoms with E-state index in [1.54, 1.807) is 41.3 Å². The molecule has 1 N–H and O–H groups in total. The molecule has 8 heteroatoms. The molecule has 1 aromatic heterocycles. The number of hydrogen-bond acceptors (Lipinski definition) is 6. The number of imide groups is 1. The first-order valence-corrected chi connectivity index (χ1v) is 12.0. The van der Waals surface area contributed by atoms with Gasteiger partial charge in [-0.1, -0.05) is 42.8 Å². The fourth-order valence-electron chi connectivity index (χ4n) is 4.09. The summed E-state index contributed by atoms with van der Waals surface area (Å²) in [4.78, 5) is 33.7. The highest BCUT2D eigenvalue weighted by atomic mass is 16.5. The van der Waals surface area contributed by atoms with E-state index in [2.05, 4.69) is 16.4 Å². The van der Waals surface area contributed by atoms with Gasteiger partial charge in [0, 0.05) is 13.1 Å². The maximum atomic E-state index is 13.3. The van der Waals surface area contributed by atoms with Crippen LogP contribution in [-0.2, 0) is 11.3 Å². The van der Waals surface area contributed by atoms with Crippen molar-refractivity contribution in [1.82, 2.24) is 14.8 Å². The Kier molecular flexibility index (Phi) is 7.50. The number of rotatable bonds is 8. The Balaban J connectivity index is 1.54. The SMILES string of the molecule is CCCN1C(=O)CC(Nc2ccc(Oc3cccc(C#N)c3)c(C)n2)N(Cc2ccc(C)cc2)C1=O. The van der Waals surface area contributed by atoms with Gasteiger partial charge < -0.3 is 10.1 Å². The monoisotopic (exact) mass is 483 g/mol. The van der Waals surface area contributed by atoms with E-state index >= 15 is 0 Å². The molecule has 4 rings (SSSR count). The summed E-state index contributed by atoms with van der Waals surface area (Å²) in [7, 11) is 0. The molecule has 3 amide bonds. The van der Waals surface area contributed by atoms with Crippen molar-refractivity contribution in [3.05, 3.63) is 83.0 Å². The number of carbonyl (C=O) groups excluding carboxylic acids is 2. The number of aromatic nitrogens is 1. The summed E-state index contributed by atoms with van der Waals surface area (Å²) in [6, 6.07) is 20.2. The summed E-state index contributed by atoms with van der Waals surface area (Å²) in [5, 5.41) is 12.4. The fourth-order valence-corrected chi connectivity index (χ4v) is 4.09. The average Bonchev–Trinajstić information content (AvgIpc) is 2.87. The molecule has 1 fully saturated rings. The minimum Gasteiger partial charge on any atom is -0.455 e. The van der Waals surface area contributed by atoms with Gasteiger partial charge >= 0.3 is 6.03 Å². The van der Waals surface area contributed by atoms with E-state index in [1.807, 2.05) is 45.0 Å². The van der Waals surface area contributed by atoms with Gasteiger partial charge in [-0.05, 0) is 56.2 Å². The maximum Gasteiger partial charge on any atom is 0.328 e. The molecule has 1 saturated heterocycles. The topological polar surface area (TPSA) is 98.6 Å². The second-order valence-electron chi connectivity index (χ2n) is 8.83. The molecule has 36 heavy (non-hydrogen) atoms. The van der Waals surface area contributed by atoms with Crippen LogP contribution in [0.1, 0.15) is 42.1 Å². The highest BCUT2D eigenvalue weighted by molar-refractivity contribution is 5.97. The number of urea groups is 1. The first-order chi connectivity index (χ1) is 17.4. The summed E-state index contributed by atoms with van der Waals surface area (Å²) in [5.41, 5.74) is 3.27. The molecule has 1 unspecified atom stereocenters. The zero-order valence-electron chi connectivity index (χ0n) is 20.7. The van der Waals surface area contributed by atoms with Crippen molar-refractivity contribution in [2.24, 2.45) is 0 Å². The minimum absolute atomic E-state index is 0.150. The molecule has 1 aliphatic heterocycles. The van der Waals surface area contributed by atoms with Crippen LogP contribution in [-0.4, -0.2) is 39.4 Å². The summed E-state index contributed by atoms with van der Waals surface area (Å²) < 4.78 is 5.91. The van der Waals surface area contributed by atoms with Crippen LogP contribution in [0.25, 0.3) is 0 Å². The van der Waals surface area contributed by atoms with Crippen LogP contribution in [0.15, 0.2) is 60.7 Å². The molecule has 0 saturated carbocycles. The molecule has 1 atom stereocenters. The Hall–Kier alpha value is -4.38. The third kappa shape index (κ3) is 5.63. The third-order valence-corrected chi connectivity index (χ3v) is 5.99. The summed E-state index contributed by atoms with van der Waals surface area (Å²) in [5.74, 6) is 1.43. The number of aryl methyl sites for hydroxylation is 2. The Bertz CT molecular complexity index is 1300. The van der Waals surface area contributed by atoms with Crippen LogP contribution in [0.5, 0.6) is 11.5 Å². The average molecular weight is 484 g/mol. The van der Waals surface area contributed by atoms with Crippen molar-refractivity contribution in [3.63, 3.8) is 0 Å². The number of nitrogens with one attached hydrogen (secondary N) is 1. The van der Waals surface area contributed by atoms with Gasteiger partial charge in [-0.3, -0.25) is 14.6 Å². The number of benzene rings is 2. The minimum atomic E-state index is -0.537. The second-order valence-corrected chi connectivity index (χ2v) is 8.83. The fraction of sp³-hybridized carbons (Fsp3) is 0.286. The number of carbonyl (C=O) groups is 2. The lowest BCUT2D eigenvalue weighted by Crippen LogP contribution is -2.59. The van der Waals surface area contributed by atoms with E-state index in [9.17, 15) is 9.59 Å². The molecule has 184 valence electrons. The van der Waals surface area contributed by atoms with Gasteiger partial charge in [0.25, 0.3) is 0 Å². The van der Waals surface area contributed by atoms with Crippen LogP contribution in [0.4, 0.5) is 10.6 Å². The largest absolute Gasteiger partial charge is 0.455 e. The number of hydrogen-bond donors (Lipinski definition) is 1. The molecule has 3 aromatic rings. The Morgan fingerprint density at radius 2 is 1.89 bits per heavy atom. The number of anilines is 1. The highest BCUT2D eigenvalue weighted by Gasteiger charge is 2.38. The van der Waals surface area contributed by atoms with E-state index < -0.39 is 6.17 Å². The Morgan fingerprint density at radius 1 is 1.11 bits per heavy atom. The van der Waals surface area contributed by atoms with Gasteiger partial charge in [0.15, 0.2) is 0 Å². The molecule has 0 spiro atoms. The Labute approximate surface area is 211 Å². The van der Waals surface area contributed by atoms with Crippen molar-refractivity contribution in [2.45, 2.75) is 46.3 Å². The van der Waals surface area contributed by atoms with Crippen molar-refractivity contribution in [2.75, 3.05) is 11.9 Å².